The van der Waals surface area contributed by atoms with Crippen LogP contribution in [0.5, 0.6) is 0 Å². The van der Waals surface area contributed by atoms with E-state index in [1.165, 1.54) is 18.4 Å². The number of ether oxygens (including phenoxy) is 1. The van der Waals surface area contributed by atoms with Crippen molar-refractivity contribution in [3.63, 3.8) is 0 Å². The van der Waals surface area contributed by atoms with Gasteiger partial charge in [0.2, 0.25) is 5.78 Å². The summed E-state index contributed by atoms with van der Waals surface area (Å²) < 4.78 is 6.72. The first kappa shape index (κ1) is 22.1. The Kier molecular flexibility index (Phi) is 6.19. The predicted molar refractivity (Wildman–Crippen MR) is 115 cm³/mol. The van der Waals surface area contributed by atoms with Crippen molar-refractivity contribution in [1.82, 2.24) is 14.5 Å². The number of fused-ring (bicyclic) bond motifs is 1. The summed E-state index contributed by atoms with van der Waals surface area (Å²) in [4.78, 5) is 56.7. The van der Waals surface area contributed by atoms with E-state index in [-0.39, 0.29) is 29.9 Å². The van der Waals surface area contributed by atoms with Gasteiger partial charge in [-0.15, -0.1) is 0 Å². The molecule has 0 amide bonds. The molecule has 2 aromatic heterocycles. The highest BCUT2D eigenvalue weighted by molar-refractivity contribution is 6.05. The molecule has 0 bridgehead atoms. The molecule has 0 aliphatic heterocycles. The number of nitrogens with zero attached hydrogens (tertiary/aromatic N) is 2. The minimum Gasteiger partial charge on any atom is -0.454 e. The number of ketones is 2. The number of hydrogen-bond acceptors (Lipinski definition) is 6. The highest BCUT2D eigenvalue weighted by Gasteiger charge is 2.26. The molecular weight excluding hydrogens is 398 g/mol. The first-order valence-electron chi connectivity index (χ1n) is 10.00. The summed E-state index contributed by atoms with van der Waals surface area (Å²) in [5, 5.41) is 0.511. The van der Waals surface area contributed by atoms with E-state index in [1.54, 1.807) is 45.2 Å². The molecule has 0 fully saturated rings. The van der Waals surface area contributed by atoms with Gasteiger partial charge in [-0.3, -0.25) is 23.7 Å². The largest absolute Gasteiger partial charge is 0.454 e. The van der Waals surface area contributed by atoms with Crippen molar-refractivity contribution in [3.8, 4) is 0 Å². The Morgan fingerprint density at radius 1 is 1.19 bits per heavy atom. The van der Waals surface area contributed by atoms with Gasteiger partial charge in [-0.2, -0.15) is 0 Å². The predicted octanol–water partition coefficient (Wildman–Crippen LogP) is 2.83. The Labute approximate surface area is 179 Å². The second-order valence-electron chi connectivity index (χ2n) is 7.59. The van der Waals surface area contributed by atoms with Gasteiger partial charge in [-0.25, -0.2) is 4.98 Å². The van der Waals surface area contributed by atoms with Crippen molar-refractivity contribution in [2.24, 2.45) is 7.05 Å². The van der Waals surface area contributed by atoms with Gasteiger partial charge < -0.3 is 9.72 Å². The van der Waals surface area contributed by atoms with E-state index in [1.807, 2.05) is 0 Å². The van der Waals surface area contributed by atoms with Crippen molar-refractivity contribution < 1.29 is 19.1 Å². The number of aromatic nitrogens is 3. The molecule has 0 saturated carbocycles. The second-order valence-corrected chi connectivity index (χ2v) is 7.59. The average molecular weight is 423 g/mol. The average Bonchev–Trinajstić information content (AvgIpc) is 3.03. The number of esters is 1. The number of nitrogens with one attached hydrogen (secondary N) is 1. The smallest absolute Gasteiger partial charge is 0.306 e. The molecule has 162 valence electrons. The fourth-order valence-corrected chi connectivity index (χ4v) is 3.74. The molecule has 1 N–H and O–H groups in total. The standard InChI is InChI=1S/C23H25N3O5/c1-12-20(14(3)27)13(2)24-21(12)22(29)15(4)31-19(28)11-10-18-25-17-9-7-6-8-16(17)23(30)26(18)5/h6-9,15,24H,10-11H2,1-5H3/t15-/m0/s1. The van der Waals surface area contributed by atoms with E-state index in [2.05, 4.69) is 9.97 Å². The summed E-state index contributed by atoms with van der Waals surface area (Å²) in [6.45, 7) is 6.34. The maximum absolute atomic E-state index is 12.7. The molecule has 3 aromatic rings. The van der Waals surface area contributed by atoms with Crippen LogP contribution in [0.1, 0.15) is 58.2 Å². The summed E-state index contributed by atoms with van der Waals surface area (Å²) in [5.74, 6) is -0.654. The van der Waals surface area contributed by atoms with Crippen molar-refractivity contribution >= 4 is 28.4 Å². The Morgan fingerprint density at radius 2 is 1.87 bits per heavy atom. The topological polar surface area (TPSA) is 111 Å². The SMILES string of the molecule is CC(=O)c1c(C)[nH]c(C(=O)[C@H](C)OC(=O)CCc2nc3ccccc3c(=O)n2C)c1C. The molecule has 0 aliphatic rings. The van der Waals surface area contributed by atoms with Crippen LogP contribution in [-0.2, 0) is 23.0 Å². The molecule has 0 spiro atoms. The fraction of sp³-hybridized carbons (Fsp3) is 0.348. The number of H-pyrrole nitrogens is 1. The first-order chi connectivity index (χ1) is 14.6. The lowest BCUT2D eigenvalue weighted by molar-refractivity contribution is -0.146. The first-order valence-corrected chi connectivity index (χ1v) is 10.00. The zero-order chi connectivity index (χ0) is 22.9. The lowest BCUT2D eigenvalue weighted by Crippen LogP contribution is -2.26. The van der Waals surface area contributed by atoms with Crippen LogP contribution in [-0.4, -0.2) is 38.2 Å². The fourth-order valence-electron chi connectivity index (χ4n) is 3.74. The van der Waals surface area contributed by atoms with Crippen LogP contribution in [0.4, 0.5) is 0 Å². The molecule has 8 nitrogen and oxygen atoms in total. The number of carbonyl (C=O) groups is 3. The van der Waals surface area contributed by atoms with Crippen LogP contribution in [0.3, 0.4) is 0 Å². The van der Waals surface area contributed by atoms with E-state index in [4.69, 9.17) is 4.74 Å². The number of aromatic amines is 1. The maximum atomic E-state index is 12.7. The van der Waals surface area contributed by atoms with Crippen LogP contribution in [0, 0.1) is 13.8 Å². The molecule has 8 heteroatoms. The number of para-hydroxylation sites is 1. The van der Waals surface area contributed by atoms with Gasteiger partial charge in [0.05, 0.1) is 23.0 Å². The summed E-state index contributed by atoms with van der Waals surface area (Å²) in [6.07, 6.45) is -0.847. The monoisotopic (exact) mass is 423 g/mol. The van der Waals surface area contributed by atoms with Gasteiger partial charge in [-0.05, 0) is 45.4 Å². The van der Waals surface area contributed by atoms with Crippen LogP contribution >= 0.6 is 0 Å². The number of rotatable bonds is 7. The van der Waals surface area contributed by atoms with Crippen LogP contribution in [0.2, 0.25) is 0 Å². The van der Waals surface area contributed by atoms with Crippen LogP contribution in [0.15, 0.2) is 29.1 Å². The molecule has 0 saturated heterocycles. The number of Topliss-reactive ketones (excluding diaryl/α,β-unsaturated/α-hetero) is 2. The van der Waals surface area contributed by atoms with E-state index in [0.717, 1.165) is 0 Å². The third-order valence-electron chi connectivity index (χ3n) is 5.34. The molecule has 31 heavy (non-hydrogen) atoms. The molecule has 1 atom stereocenters. The Balaban J connectivity index is 1.69. The quantitative estimate of drug-likeness (QED) is 0.462. The summed E-state index contributed by atoms with van der Waals surface area (Å²) in [5.41, 5.74) is 2.28. The van der Waals surface area contributed by atoms with Crippen LogP contribution in [0.25, 0.3) is 10.9 Å². The molecule has 0 radical (unpaired) electrons. The van der Waals surface area contributed by atoms with Crippen molar-refractivity contribution in [2.75, 3.05) is 0 Å². The molecule has 1 aromatic carbocycles. The number of hydrogen-bond donors (Lipinski definition) is 1. The third kappa shape index (κ3) is 4.33. The molecular formula is C23H25N3O5. The Morgan fingerprint density at radius 3 is 2.52 bits per heavy atom. The summed E-state index contributed by atoms with van der Waals surface area (Å²) in [6, 6.07) is 7.02. The van der Waals surface area contributed by atoms with E-state index < -0.39 is 17.9 Å². The number of benzene rings is 1. The van der Waals surface area contributed by atoms with Crippen molar-refractivity contribution in [2.45, 2.75) is 46.6 Å². The zero-order valence-corrected chi connectivity index (χ0v) is 18.2. The highest BCUT2D eigenvalue weighted by Crippen LogP contribution is 2.20. The summed E-state index contributed by atoms with van der Waals surface area (Å²) in [7, 11) is 1.61. The Hall–Kier alpha value is -3.55. The minimum absolute atomic E-state index is 0.0301. The van der Waals surface area contributed by atoms with Gasteiger partial charge in [-0.1, -0.05) is 12.1 Å². The number of carbonyl (C=O) groups excluding carboxylic acids is 3. The van der Waals surface area contributed by atoms with E-state index in [9.17, 15) is 19.2 Å². The molecule has 0 unspecified atom stereocenters. The highest BCUT2D eigenvalue weighted by atomic mass is 16.5. The number of aryl methyl sites for hydroxylation is 2. The normalized spacial score (nSPS) is 12.0. The molecule has 3 rings (SSSR count). The van der Waals surface area contributed by atoms with Gasteiger partial charge in [0.25, 0.3) is 5.56 Å². The maximum Gasteiger partial charge on any atom is 0.306 e. The van der Waals surface area contributed by atoms with Crippen molar-refractivity contribution in [3.05, 3.63) is 63.0 Å². The van der Waals surface area contributed by atoms with Gasteiger partial charge in [0.15, 0.2) is 11.9 Å². The molecule has 2 heterocycles. The minimum atomic E-state index is -1.02. The second kappa shape index (κ2) is 8.67. The zero-order valence-electron chi connectivity index (χ0n) is 18.2. The molecule has 0 aliphatic carbocycles. The van der Waals surface area contributed by atoms with Gasteiger partial charge >= 0.3 is 5.97 Å². The lowest BCUT2D eigenvalue weighted by Gasteiger charge is -2.13. The Bertz CT molecular complexity index is 1250. The lowest BCUT2D eigenvalue weighted by atomic mass is 10.0. The van der Waals surface area contributed by atoms with Crippen LogP contribution < -0.4 is 5.56 Å². The van der Waals surface area contributed by atoms with Gasteiger partial charge in [0.1, 0.15) is 5.82 Å². The third-order valence-corrected chi connectivity index (χ3v) is 5.34. The van der Waals surface area contributed by atoms with E-state index >= 15 is 0 Å². The van der Waals surface area contributed by atoms with Gasteiger partial charge in [0, 0.05) is 24.7 Å². The van der Waals surface area contributed by atoms with Crippen molar-refractivity contribution in [1.29, 1.82) is 0 Å². The van der Waals surface area contributed by atoms with E-state index in [0.29, 0.717) is 33.5 Å². The summed E-state index contributed by atoms with van der Waals surface area (Å²) >= 11 is 0.